The molecule has 0 bridgehead atoms. The van der Waals surface area contributed by atoms with Gasteiger partial charge in [0.2, 0.25) is 0 Å². The molecule has 96 valence electrons. The second-order valence-electron chi connectivity index (χ2n) is 4.00. The van der Waals surface area contributed by atoms with Crippen LogP contribution in [-0.4, -0.2) is 20.7 Å². The summed E-state index contributed by atoms with van der Waals surface area (Å²) in [6, 6.07) is 4.85. The normalized spacial score (nSPS) is 9.95. The van der Waals surface area contributed by atoms with Crippen molar-refractivity contribution in [3.05, 3.63) is 47.2 Å². The summed E-state index contributed by atoms with van der Waals surface area (Å²) in [6.07, 6.45) is 2.41. The van der Waals surface area contributed by atoms with Gasteiger partial charge in [0.05, 0.1) is 6.57 Å². The molecule has 2 aromatic heterocycles. The van der Waals surface area contributed by atoms with E-state index in [0.29, 0.717) is 17.9 Å². The average Bonchev–Trinajstić information content (AvgIpc) is 2.83. The molecule has 0 fully saturated rings. The van der Waals surface area contributed by atoms with E-state index in [-0.39, 0.29) is 11.6 Å². The Morgan fingerprint density at radius 3 is 2.89 bits per heavy atom. The zero-order valence-corrected chi connectivity index (χ0v) is 10.7. The highest BCUT2D eigenvalue weighted by Gasteiger charge is 2.11. The first-order chi connectivity index (χ1) is 9.12. The maximum atomic E-state index is 12.0. The number of pyridine rings is 1. The number of aromatic nitrogens is 3. The fourth-order valence-corrected chi connectivity index (χ4v) is 1.60. The van der Waals surface area contributed by atoms with E-state index in [0.717, 1.165) is 5.69 Å². The van der Waals surface area contributed by atoms with E-state index in [4.69, 9.17) is 6.57 Å². The molecule has 1 amide bonds. The molecule has 0 saturated heterocycles. The SMILES string of the molecule is [C-]#[N+]c1cc(CC)nc(C(=O)Nc2ccn(C)n2)c1. The third-order valence-electron chi connectivity index (χ3n) is 2.54. The van der Waals surface area contributed by atoms with Gasteiger partial charge in [0.15, 0.2) is 11.5 Å². The molecular formula is C13H13N5O. The van der Waals surface area contributed by atoms with Crippen LogP contribution in [0.2, 0.25) is 0 Å². The van der Waals surface area contributed by atoms with E-state index < -0.39 is 0 Å². The van der Waals surface area contributed by atoms with Crippen molar-refractivity contribution < 1.29 is 4.79 Å². The van der Waals surface area contributed by atoms with Gasteiger partial charge in [-0.3, -0.25) is 14.5 Å². The number of rotatable bonds is 3. The molecule has 0 aliphatic heterocycles. The van der Waals surface area contributed by atoms with Crippen LogP contribution < -0.4 is 5.32 Å². The Balaban J connectivity index is 2.26. The van der Waals surface area contributed by atoms with Crippen LogP contribution in [0.4, 0.5) is 11.5 Å². The Morgan fingerprint density at radius 2 is 2.32 bits per heavy atom. The molecule has 0 aromatic carbocycles. The first-order valence-electron chi connectivity index (χ1n) is 5.81. The summed E-state index contributed by atoms with van der Waals surface area (Å²) in [5, 5.41) is 6.70. The van der Waals surface area contributed by atoms with E-state index in [2.05, 4.69) is 20.2 Å². The largest absolute Gasteiger partial charge is 0.304 e. The minimum Gasteiger partial charge on any atom is -0.304 e. The van der Waals surface area contributed by atoms with Gasteiger partial charge in [0.1, 0.15) is 5.69 Å². The van der Waals surface area contributed by atoms with Gasteiger partial charge in [-0.2, -0.15) is 5.10 Å². The lowest BCUT2D eigenvalue weighted by Gasteiger charge is -2.04. The van der Waals surface area contributed by atoms with Crippen LogP contribution in [0.15, 0.2) is 24.4 Å². The summed E-state index contributed by atoms with van der Waals surface area (Å²) in [4.78, 5) is 19.6. The molecule has 6 nitrogen and oxygen atoms in total. The van der Waals surface area contributed by atoms with E-state index >= 15 is 0 Å². The average molecular weight is 255 g/mol. The number of anilines is 1. The molecule has 0 radical (unpaired) electrons. The maximum absolute atomic E-state index is 12.0. The van der Waals surface area contributed by atoms with Crippen LogP contribution in [0, 0.1) is 6.57 Å². The molecule has 0 aliphatic carbocycles. The summed E-state index contributed by atoms with van der Waals surface area (Å²) < 4.78 is 1.59. The van der Waals surface area contributed by atoms with Crippen molar-refractivity contribution in [1.29, 1.82) is 0 Å². The number of carbonyl (C=O) groups is 1. The topological polar surface area (TPSA) is 64.2 Å². The first-order valence-corrected chi connectivity index (χ1v) is 5.81. The predicted molar refractivity (Wildman–Crippen MR) is 71.0 cm³/mol. The van der Waals surface area contributed by atoms with Gasteiger partial charge in [-0.1, -0.05) is 6.92 Å². The Bertz CT molecular complexity index is 653. The van der Waals surface area contributed by atoms with Crippen molar-refractivity contribution >= 4 is 17.4 Å². The number of amides is 1. The monoisotopic (exact) mass is 255 g/mol. The molecule has 2 heterocycles. The van der Waals surface area contributed by atoms with Crippen LogP contribution >= 0.6 is 0 Å². The van der Waals surface area contributed by atoms with Crippen molar-refractivity contribution in [2.75, 3.05) is 5.32 Å². The van der Waals surface area contributed by atoms with Crippen LogP contribution in [0.5, 0.6) is 0 Å². The van der Waals surface area contributed by atoms with Gasteiger partial charge in [-0.05, 0) is 18.6 Å². The molecule has 0 spiro atoms. The Hall–Kier alpha value is -2.68. The zero-order valence-electron chi connectivity index (χ0n) is 10.7. The number of aryl methyl sites for hydroxylation is 2. The first kappa shape index (κ1) is 12.8. The molecule has 19 heavy (non-hydrogen) atoms. The van der Waals surface area contributed by atoms with Gasteiger partial charge < -0.3 is 5.32 Å². The standard InChI is InChI=1S/C13H13N5O/c1-4-9-7-10(14-2)8-11(15-9)13(19)16-12-5-6-18(3)17-12/h5-8H,4H2,1,3H3,(H,16,17,19). The minimum atomic E-state index is -0.362. The predicted octanol–water partition coefficient (Wildman–Crippen LogP) is 2.18. The third kappa shape index (κ3) is 2.96. The third-order valence-corrected chi connectivity index (χ3v) is 2.54. The summed E-state index contributed by atoms with van der Waals surface area (Å²) in [5.41, 5.74) is 1.37. The van der Waals surface area contributed by atoms with Crippen LogP contribution in [-0.2, 0) is 13.5 Å². The molecule has 6 heteroatoms. The fourth-order valence-electron chi connectivity index (χ4n) is 1.60. The van der Waals surface area contributed by atoms with Gasteiger partial charge >= 0.3 is 0 Å². The summed E-state index contributed by atoms with van der Waals surface area (Å²) >= 11 is 0. The van der Waals surface area contributed by atoms with Crippen molar-refractivity contribution in [2.24, 2.45) is 7.05 Å². The van der Waals surface area contributed by atoms with E-state index in [1.807, 2.05) is 6.92 Å². The molecule has 2 aromatic rings. The molecule has 0 aliphatic rings. The Labute approximate surface area is 110 Å². The molecule has 1 N–H and O–H groups in total. The highest BCUT2D eigenvalue weighted by atomic mass is 16.1. The second-order valence-corrected chi connectivity index (χ2v) is 4.00. The van der Waals surface area contributed by atoms with Crippen molar-refractivity contribution in [3.8, 4) is 0 Å². The van der Waals surface area contributed by atoms with E-state index in [9.17, 15) is 4.79 Å². The highest BCUT2D eigenvalue weighted by Crippen LogP contribution is 2.16. The Morgan fingerprint density at radius 1 is 1.53 bits per heavy atom. The highest BCUT2D eigenvalue weighted by molar-refractivity contribution is 6.02. The molecular weight excluding hydrogens is 242 g/mol. The van der Waals surface area contributed by atoms with Crippen LogP contribution in [0.25, 0.3) is 4.85 Å². The van der Waals surface area contributed by atoms with Crippen LogP contribution in [0.1, 0.15) is 23.1 Å². The molecule has 0 unspecified atom stereocenters. The van der Waals surface area contributed by atoms with Crippen molar-refractivity contribution in [2.45, 2.75) is 13.3 Å². The maximum Gasteiger partial charge on any atom is 0.274 e. The number of nitrogens with one attached hydrogen (secondary N) is 1. The van der Waals surface area contributed by atoms with Crippen molar-refractivity contribution in [3.63, 3.8) is 0 Å². The molecule has 0 atom stereocenters. The zero-order chi connectivity index (χ0) is 13.8. The van der Waals surface area contributed by atoms with E-state index in [1.165, 1.54) is 6.07 Å². The fraction of sp³-hybridized carbons (Fsp3) is 0.231. The summed E-state index contributed by atoms with van der Waals surface area (Å²) in [6.45, 7) is 8.95. The quantitative estimate of drug-likeness (QED) is 0.855. The van der Waals surface area contributed by atoms with Gasteiger partial charge in [-0.15, -0.1) is 0 Å². The smallest absolute Gasteiger partial charge is 0.274 e. The van der Waals surface area contributed by atoms with Crippen molar-refractivity contribution in [1.82, 2.24) is 14.8 Å². The molecule has 0 saturated carbocycles. The summed E-state index contributed by atoms with van der Waals surface area (Å²) in [7, 11) is 1.77. The van der Waals surface area contributed by atoms with E-state index in [1.54, 1.807) is 30.1 Å². The van der Waals surface area contributed by atoms with Crippen LogP contribution in [0.3, 0.4) is 0 Å². The lowest BCUT2D eigenvalue weighted by molar-refractivity contribution is 0.102. The lowest BCUT2D eigenvalue weighted by atomic mass is 10.2. The van der Waals surface area contributed by atoms with Gasteiger partial charge in [0.25, 0.3) is 5.91 Å². The number of carbonyl (C=O) groups excluding carboxylic acids is 1. The lowest BCUT2D eigenvalue weighted by Crippen LogP contribution is -2.15. The number of hydrogen-bond donors (Lipinski definition) is 1. The Kier molecular flexibility index (Phi) is 3.57. The minimum absolute atomic E-state index is 0.232. The second kappa shape index (κ2) is 5.31. The van der Waals surface area contributed by atoms with Gasteiger partial charge in [0, 0.05) is 25.0 Å². The number of nitrogens with zero attached hydrogens (tertiary/aromatic N) is 4. The number of hydrogen-bond acceptors (Lipinski definition) is 3. The van der Waals surface area contributed by atoms with Gasteiger partial charge in [-0.25, -0.2) is 4.85 Å². The summed E-state index contributed by atoms with van der Waals surface area (Å²) in [5.74, 6) is 0.0967. The molecule has 2 rings (SSSR count).